The second-order valence-corrected chi connectivity index (χ2v) is 5.42. The molecule has 2 aromatic carbocycles. The zero-order chi connectivity index (χ0) is 17.4. The Hall–Kier alpha value is -2.82. The van der Waals surface area contributed by atoms with E-state index in [1.165, 1.54) is 6.92 Å². The Kier molecular flexibility index (Phi) is 6.37. The average Bonchev–Trinajstić information content (AvgIpc) is 2.59. The smallest absolute Gasteiger partial charge is 0.226 e. The number of hydrogen-bond donors (Lipinski definition) is 1. The van der Waals surface area contributed by atoms with Gasteiger partial charge in [-0.3, -0.25) is 9.59 Å². The number of methoxy groups -OCH3 is 1. The van der Waals surface area contributed by atoms with Crippen LogP contribution >= 0.6 is 0 Å². The van der Waals surface area contributed by atoms with Gasteiger partial charge in [-0.2, -0.15) is 0 Å². The van der Waals surface area contributed by atoms with Gasteiger partial charge in [0.2, 0.25) is 11.8 Å². The Balaban J connectivity index is 1.91. The molecule has 0 heterocycles. The quantitative estimate of drug-likeness (QED) is 0.850. The van der Waals surface area contributed by atoms with E-state index in [2.05, 4.69) is 5.32 Å². The Morgan fingerprint density at radius 3 is 2.38 bits per heavy atom. The van der Waals surface area contributed by atoms with Gasteiger partial charge in [0.1, 0.15) is 5.75 Å². The number of rotatable bonds is 7. The topological polar surface area (TPSA) is 58.6 Å². The van der Waals surface area contributed by atoms with E-state index in [0.717, 1.165) is 5.56 Å². The van der Waals surface area contributed by atoms with Crippen LogP contribution in [0.3, 0.4) is 0 Å². The molecule has 0 spiro atoms. The first-order valence-corrected chi connectivity index (χ1v) is 7.82. The van der Waals surface area contributed by atoms with Crippen molar-refractivity contribution >= 4 is 17.5 Å². The third-order valence-corrected chi connectivity index (χ3v) is 3.65. The van der Waals surface area contributed by atoms with Crippen molar-refractivity contribution in [2.24, 2.45) is 0 Å². The summed E-state index contributed by atoms with van der Waals surface area (Å²) in [5, 5.41) is 2.82. The number of nitrogens with zero attached hydrogens (tertiary/aromatic N) is 1. The van der Waals surface area contributed by atoms with E-state index in [1.54, 1.807) is 24.1 Å². The molecule has 0 aliphatic carbocycles. The second kappa shape index (κ2) is 8.72. The molecule has 5 nitrogen and oxygen atoms in total. The van der Waals surface area contributed by atoms with Crippen LogP contribution in [0.1, 0.15) is 18.9 Å². The number of para-hydroxylation sites is 2. The van der Waals surface area contributed by atoms with E-state index < -0.39 is 0 Å². The summed E-state index contributed by atoms with van der Waals surface area (Å²) in [6.45, 7) is 2.38. The largest absolute Gasteiger partial charge is 0.495 e. The number of amides is 2. The van der Waals surface area contributed by atoms with Crippen molar-refractivity contribution < 1.29 is 14.3 Å². The lowest BCUT2D eigenvalue weighted by Gasteiger charge is -2.21. The third-order valence-electron chi connectivity index (χ3n) is 3.65. The van der Waals surface area contributed by atoms with Gasteiger partial charge >= 0.3 is 0 Å². The summed E-state index contributed by atoms with van der Waals surface area (Å²) in [6, 6.07) is 17.0. The third kappa shape index (κ3) is 5.12. The van der Waals surface area contributed by atoms with Gasteiger partial charge < -0.3 is 15.0 Å². The molecule has 2 amide bonds. The van der Waals surface area contributed by atoms with Crippen molar-refractivity contribution in [1.29, 1.82) is 0 Å². The van der Waals surface area contributed by atoms with Crippen LogP contribution in [0, 0.1) is 0 Å². The molecule has 126 valence electrons. The number of anilines is 1. The summed E-state index contributed by atoms with van der Waals surface area (Å²) in [5.74, 6) is 0.404. The number of ether oxygens (including phenoxy) is 1. The van der Waals surface area contributed by atoms with Crippen molar-refractivity contribution in [3.63, 3.8) is 0 Å². The molecule has 0 atom stereocenters. The van der Waals surface area contributed by atoms with E-state index in [9.17, 15) is 9.59 Å². The van der Waals surface area contributed by atoms with Gasteiger partial charge in [0.25, 0.3) is 0 Å². The van der Waals surface area contributed by atoms with Gasteiger partial charge in [-0.1, -0.05) is 42.5 Å². The minimum Gasteiger partial charge on any atom is -0.495 e. The molecule has 0 aliphatic heterocycles. The Morgan fingerprint density at radius 2 is 1.71 bits per heavy atom. The molecule has 5 heteroatoms. The Morgan fingerprint density at radius 1 is 1.04 bits per heavy atom. The molecule has 0 aliphatic rings. The summed E-state index contributed by atoms with van der Waals surface area (Å²) in [4.78, 5) is 25.6. The summed E-state index contributed by atoms with van der Waals surface area (Å²) in [5.41, 5.74) is 1.67. The van der Waals surface area contributed by atoms with Crippen molar-refractivity contribution in [2.75, 3.05) is 19.0 Å². The van der Waals surface area contributed by atoms with Crippen molar-refractivity contribution in [1.82, 2.24) is 4.90 Å². The molecule has 1 N–H and O–H groups in total. The summed E-state index contributed by atoms with van der Waals surface area (Å²) in [7, 11) is 1.56. The highest BCUT2D eigenvalue weighted by molar-refractivity contribution is 5.92. The van der Waals surface area contributed by atoms with Crippen LogP contribution in [0.25, 0.3) is 0 Å². The number of carbonyl (C=O) groups excluding carboxylic acids is 2. The minimum absolute atomic E-state index is 0.0519. The van der Waals surface area contributed by atoms with Crippen LogP contribution in [0.2, 0.25) is 0 Å². The molecule has 2 rings (SSSR count). The normalized spacial score (nSPS) is 10.1. The maximum atomic E-state index is 12.2. The van der Waals surface area contributed by atoms with Crippen LogP contribution in [0.15, 0.2) is 54.6 Å². The lowest BCUT2D eigenvalue weighted by atomic mass is 10.2. The average molecular weight is 326 g/mol. The molecule has 0 fully saturated rings. The van der Waals surface area contributed by atoms with Crippen molar-refractivity contribution in [3.05, 3.63) is 60.2 Å². The van der Waals surface area contributed by atoms with Crippen LogP contribution in [0.4, 0.5) is 5.69 Å². The van der Waals surface area contributed by atoms with E-state index in [1.807, 2.05) is 42.5 Å². The fraction of sp³-hybridized carbons (Fsp3) is 0.263. The summed E-state index contributed by atoms with van der Waals surface area (Å²) in [6.07, 6.45) is 0.227. The predicted octanol–water partition coefficient (Wildman–Crippen LogP) is 3.07. The predicted molar refractivity (Wildman–Crippen MR) is 93.8 cm³/mol. The fourth-order valence-electron chi connectivity index (χ4n) is 2.35. The van der Waals surface area contributed by atoms with Gasteiger partial charge in [0, 0.05) is 26.4 Å². The molecular formula is C19H22N2O3. The van der Waals surface area contributed by atoms with Crippen LogP contribution < -0.4 is 10.1 Å². The van der Waals surface area contributed by atoms with E-state index in [-0.39, 0.29) is 18.2 Å². The van der Waals surface area contributed by atoms with Gasteiger partial charge in [0.05, 0.1) is 12.8 Å². The number of hydrogen-bond acceptors (Lipinski definition) is 3. The van der Waals surface area contributed by atoms with Crippen molar-refractivity contribution in [2.45, 2.75) is 19.9 Å². The van der Waals surface area contributed by atoms with Gasteiger partial charge in [-0.05, 0) is 17.7 Å². The van der Waals surface area contributed by atoms with E-state index >= 15 is 0 Å². The minimum atomic E-state index is -0.154. The van der Waals surface area contributed by atoms with Crippen LogP contribution in [0.5, 0.6) is 5.75 Å². The molecule has 0 aromatic heterocycles. The number of carbonyl (C=O) groups is 2. The second-order valence-electron chi connectivity index (χ2n) is 5.42. The van der Waals surface area contributed by atoms with Gasteiger partial charge in [0.15, 0.2) is 0 Å². The first kappa shape index (κ1) is 17.5. The maximum absolute atomic E-state index is 12.2. The SMILES string of the molecule is COc1ccccc1NC(=O)CCN(Cc1ccccc1)C(C)=O. The molecular weight excluding hydrogens is 304 g/mol. The molecule has 0 radical (unpaired) electrons. The monoisotopic (exact) mass is 326 g/mol. The maximum Gasteiger partial charge on any atom is 0.226 e. The molecule has 0 saturated carbocycles. The first-order valence-electron chi connectivity index (χ1n) is 7.82. The van der Waals surface area contributed by atoms with Crippen LogP contribution in [-0.2, 0) is 16.1 Å². The molecule has 0 saturated heterocycles. The van der Waals surface area contributed by atoms with Gasteiger partial charge in [-0.15, -0.1) is 0 Å². The Labute approximate surface area is 142 Å². The first-order chi connectivity index (χ1) is 11.6. The highest BCUT2D eigenvalue weighted by atomic mass is 16.5. The highest BCUT2D eigenvalue weighted by Gasteiger charge is 2.13. The summed E-state index contributed by atoms with van der Waals surface area (Å²) >= 11 is 0. The van der Waals surface area contributed by atoms with E-state index in [0.29, 0.717) is 24.5 Å². The molecule has 2 aromatic rings. The lowest BCUT2D eigenvalue weighted by Crippen LogP contribution is -2.31. The molecule has 24 heavy (non-hydrogen) atoms. The Bertz CT molecular complexity index is 686. The number of benzene rings is 2. The van der Waals surface area contributed by atoms with Crippen molar-refractivity contribution in [3.8, 4) is 5.75 Å². The zero-order valence-corrected chi connectivity index (χ0v) is 14.0. The molecule has 0 bridgehead atoms. The summed E-state index contributed by atoms with van der Waals surface area (Å²) < 4.78 is 5.21. The van der Waals surface area contributed by atoms with Gasteiger partial charge in [-0.25, -0.2) is 0 Å². The van der Waals surface area contributed by atoms with E-state index in [4.69, 9.17) is 4.74 Å². The highest BCUT2D eigenvalue weighted by Crippen LogP contribution is 2.23. The number of nitrogens with one attached hydrogen (secondary N) is 1. The fourth-order valence-corrected chi connectivity index (χ4v) is 2.35. The zero-order valence-electron chi connectivity index (χ0n) is 14.0. The lowest BCUT2D eigenvalue weighted by molar-refractivity contribution is -0.129. The standard InChI is InChI=1S/C19H22N2O3/c1-15(22)21(14-16-8-4-3-5-9-16)13-12-19(23)20-17-10-6-7-11-18(17)24-2/h3-11H,12-14H2,1-2H3,(H,20,23). The molecule has 0 unspecified atom stereocenters. The van der Waals surface area contributed by atoms with Crippen LogP contribution in [-0.4, -0.2) is 30.4 Å².